The minimum Gasteiger partial charge on any atom is -0.252 e. The molecule has 1 unspecified atom stereocenters. The van der Waals surface area contributed by atoms with Crippen molar-refractivity contribution in [2.75, 3.05) is 0 Å². The van der Waals surface area contributed by atoms with E-state index in [1.165, 1.54) is 0 Å². The fourth-order valence-corrected chi connectivity index (χ4v) is 2.65. The maximum absolute atomic E-state index is 14.1. The molecule has 13 heteroatoms. The lowest BCUT2D eigenvalue weighted by molar-refractivity contribution is -0.350. The van der Waals surface area contributed by atoms with Gasteiger partial charge >= 0.3 is 29.9 Å². The lowest BCUT2D eigenvalue weighted by atomic mass is 9.72. The van der Waals surface area contributed by atoms with Gasteiger partial charge in [0.2, 0.25) is 0 Å². The van der Waals surface area contributed by atoms with Crippen LogP contribution in [0.3, 0.4) is 0 Å². The number of rotatable bonds is 3. The molecule has 26 heavy (non-hydrogen) atoms. The highest BCUT2D eigenvalue weighted by Crippen LogP contribution is 2.60. The molecule has 0 saturated heterocycles. The number of hydrogen-bond donors (Lipinski definition) is 0. The molecular formula is C13H6BrF11N. The Bertz CT molecular complexity index is 680. The Kier molecular flexibility index (Phi) is 4.83. The summed E-state index contributed by atoms with van der Waals surface area (Å²) in [5.74, 6) is -11.7. The van der Waals surface area contributed by atoms with Gasteiger partial charge in [0, 0.05) is 17.8 Å². The second-order valence-electron chi connectivity index (χ2n) is 5.54. The summed E-state index contributed by atoms with van der Waals surface area (Å²) in [4.78, 5) is 2.83. The van der Waals surface area contributed by atoms with Crippen molar-refractivity contribution in [3.63, 3.8) is 0 Å². The Morgan fingerprint density at radius 1 is 1.04 bits per heavy atom. The highest BCUT2D eigenvalue weighted by molar-refractivity contribution is 9.08. The summed E-state index contributed by atoms with van der Waals surface area (Å²) in [7, 11) is 0. The number of halogens is 12. The standard InChI is InChI=1S/C13H6BrF11N/c14-4-6-1-5(7-3-9(15,16)11(7,18)19)2-8(26-6)10(17,12(20,21)22)13(23,24)25/h2,7H,3-4H2. The first-order valence-electron chi connectivity index (χ1n) is 6.56. The quantitative estimate of drug-likeness (QED) is 0.405. The average molecular weight is 465 g/mol. The van der Waals surface area contributed by atoms with Crippen LogP contribution in [0, 0.1) is 6.07 Å². The van der Waals surface area contributed by atoms with Gasteiger partial charge < -0.3 is 0 Å². The molecule has 0 amide bonds. The van der Waals surface area contributed by atoms with Crippen molar-refractivity contribution in [1.29, 1.82) is 0 Å². The molecular weight excluding hydrogens is 459 g/mol. The maximum atomic E-state index is 14.1. The fraction of sp³-hybridized carbons (Fsp3) is 0.615. The van der Waals surface area contributed by atoms with E-state index >= 15 is 0 Å². The summed E-state index contributed by atoms with van der Waals surface area (Å²) in [6.45, 7) is 0. The summed E-state index contributed by atoms with van der Waals surface area (Å²) >= 11 is 2.62. The number of nitrogens with zero attached hydrogens (tertiary/aromatic N) is 1. The van der Waals surface area contributed by atoms with Crippen molar-refractivity contribution in [2.24, 2.45) is 0 Å². The molecule has 0 aliphatic heterocycles. The van der Waals surface area contributed by atoms with Gasteiger partial charge in [0.15, 0.2) is 0 Å². The van der Waals surface area contributed by atoms with E-state index in [-0.39, 0.29) is 6.07 Å². The zero-order chi connectivity index (χ0) is 20.3. The van der Waals surface area contributed by atoms with E-state index < -0.39 is 64.5 Å². The first-order chi connectivity index (χ1) is 11.5. The largest absolute Gasteiger partial charge is 0.437 e. The first-order valence-corrected chi connectivity index (χ1v) is 7.68. The SMILES string of the molecule is FC(F)(F)C(F)(c1cc(C2CC(F)(F)C2(F)F)[c]c(CBr)n1)C(F)(F)F. The van der Waals surface area contributed by atoms with Crippen LogP contribution in [0.4, 0.5) is 48.3 Å². The normalized spacial score (nSPS) is 22.8. The molecule has 1 aromatic heterocycles. The Hall–Kier alpha value is -1.14. The third-order valence-corrected chi connectivity index (χ3v) is 4.39. The zero-order valence-corrected chi connectivity index (χ0v) is 13.6. The van der Waals surface area contributed by atoms with Crippen molar-refractivity contribution in [2.45, 2.75) is 47.5 Å². The van der Waals surface area contributed by atoms with Crippen molar-refractivity contribution < 1.29 is 48.3 Å². The van der Waals surface area contributed by atoms with Gasteiger partial charge in [-0.15, -0.1) is 0 Å². The van der Waals surface area contributed by atoms with Gasteiger partial charge in [0.05, 0.1) is 17.3 Å². The lowest BCUT2D eigenvalue weighted by Gasteiger charge is -2.44. The van der Waals surface area contributed by atoms with Crippen molar-refractivity contribution in [3.8, 4) is 0 Å². The van der Waals surface area contributed by atoms with Crippen molar-refractivity contribution in [1.82, 2.24) is 4.98 Å². The zero-order valence-electron chi connectivity index (χ0n) is 12.1. The van der Waals surface area contributed by atoms with Crippen LogP contribution in [-0.2, 0) is 11.0 Å². The van der Waals surface area contributed by atoms with Gasteiger partial charge in [-0.25, -0.2) is 4.39 Å². The summed E-state index contributed by atoms with van der Waals surface area (Å²) in [6, 6.07) is 1.68. The Morgan fingerprint density at radius 3 is 1.88 bits per heavy atom. The molecule has 1 atom stereocenters. The minimum atomic E-state index is -6.52. The molecule has 0 aromatic carbocycles. The second kappa shape index (κ2) is 5.93. The lowest BCUT2D eigenvalue weighted by Crippen LogP contribution is -2.57. The van der Waals surface area contributed by atoms with Crippen LogP contribution in [-0.4, -0.2) is 29.2 Å². The minimum absolute atomic E-state index is 0.249. The molecule has 1 heterocycles. The van der Waals surface area contributed by atoms with E-state index in [2.05, 4.69) is 20.9 Å². The molecule has 0 spiro atoms. The number of aromatic nitrogens is 1. The van der Waals surface area contributed by atoms with Crippen LogP contribution in [0.5, 0.6) is 0 Å². The summed E-state index contributed by atoms with van der Waals surface area (Å²) in [6.07, 6.45) is -14.6. The third-order valence-electron chi connectivity index (χ3n) is 3.86. The van der Waals surface area contributed by atoms with E-state index in [4.69, 9.17) is 0 Å². The van der Waals surface area contributed by atoms with Crippen LogP contribution >= 0.6 is 15.9 Å². The van der Waals surface area contributed by atoms with E-state index in [9.17, 15) is 48.3 Å². The van der Waals surface area contributed by atoms with Crippen molar-refractivity contribution in [3.05, 3.63) is 29.1 Å². The molecule has 1 radical (unpaired) electrons. The van der Waals surface area contributed by atoms with Gasteiger partial charge in [0.1, 0.15) is 0 Å². The van der Waals surface area contributed by atoms with Gasteiger partial charge in [-0.2, -0.15) is 43.9 Å². The van der Waals surface area contributed by atoms with Gasteiger partial charge in [-0.1, -0.05) is 15.9 Å². The van der Waals surface area contributed by atoms with Gasteiger partial charge in [-0.3, -0.25) is 4.98 Å². The van der Waals surface area contributed by atoms with Crippen LogP contribution in [0.1, 0.15) is 29.3 Å². The monoisotopic (exact) mass is 464 g/mol. The predicted octanol–water partition coefficient (Wildman–Crippen LogP) is 5.82. The first kappa shape index (κ1) is 21.2. The highest BCUT2D eigenvalue weighted by Gasteiger charge is 2.75. The molecule has 147 valence electrons. The van der Waals surface area contributed by atoms with Crippen LogP contribution in [0.15, 0.2) is 6.07 Å². The molecule has 2 rings (SSSR count). The molecule has 1 fully saturated rings. The molecule has 1 aliphatic rings. The van der Waals surface area contributed by atoms with Crippen LogP contribution in [0.25, 0.3) is 0 Å². The third kappa shape index (κ3) is 2.95. The van der Waals surface area contributed by atoms with E-state index in [0.717, 1.165) is 0 Å². The van der Waals surface area contributed by atoms with E-state index in [1.807, 2.05) is 6.07 Å². The topological polar surface area (TPSA) is 12.9 Å². The molecule has 1 nitrogen and oxygen atoms in total. The van der Waals surface area contributed by atoms with Crippen molar-refractivity contribution >= 4 is 15.9 Å². The predicted molar refractivity (Wildman–Crippen MR) is 67.9 cm³/mol. The second-order valence-corrected chi connectivity index (χ2v) is 6.10. The van der Waals surface area contributed by atoms with Crippen LogP contribution in [0.2, 0.25) is 0 Å². The Morgan fingerprint density at radius 2 is 1.54 bits per heavy atom. The van der Waals surface area contributed by atoms with Gasteiger partial charge in [-0.05, 0) is 11.6 Å². The number of pyridine rings is 1. The molecule has 1 aliphatic carbocycles. The number of alkyl halides is 12. The summed E-state index contributed by atoms with van der Waals surface area (Å²) < 4.78 is 144. The molecule has 1 aromatic rings. The number of hydrogen-bond acceptors (Lipinski definition) is 1. The Labute approximate surface area is 146 Å². The maximum Gasteiger partial charge on any atom is 0.437 e. The average Bonchev–Trinajstić information content (AvgIpc) is 2.48. The molecule has 0 N–H and O–H groups in total. The highest BCUT2D eigenvalue weighted by atomic mass is 79.9. The van der Waals surface area contributed by atoms with E-state index in [0.29, 0.717) is 0 Å². The van der Waals surface area contributed by atoms with E-state index in [1.54, 1.807) is 0 Å². The summed E-state index contributed by atoms with van der Waals surface area (Å²) in [5.41, 5.74) is -10.1. The van der Waals surface area contributed by atoms with Gasteiger partial charge in [0.25, 0.3) is 0 Å². The van der Waals surface area contributed by atoms with Crippen LogP contribution < -0.4 is 0 Å². The summed E-state index contributed by atoms with van der Waals surface area (Å²) in [5, 5.41) is -0.575. The fourth-order valence-electron chi connectivity index (χ4n) is 2.38. The smallest absolute Gasteiger partial charge is 0.252 e. The Balaban J connectivity index is 2.65. The molecule has 0 bridgehead atoms. The molecule has 1 saturated carbocycles.